The van der Waals surface area contributed by atoms with E-state index in [0.29, 0.717) is 0 Å². The Labute approximate surface area is 100 Å². The zero-order chi connectivity index (χ0) is 10.7. The maximum Gasteiger partial charge on any atom is 0.0521 e. The maximum absolute atomic E-state index is 4.20. The summed E-state index contributed by atoms with van der Waals surface area (Å²) in [5, 5.41) is 4.20. The van der Waals surface area contributed by atoms with Gasteiger partial charge >= 0.3 is 0 Å². The normalized spacial score (nSPS) is 26.8. The molecule has 1 aromatic heterocycles. The highest BCUT2D eigenvalue weighted by molar-refractivity contribution is 9.09. The van der Waals surface area contributed by atoms with Gasteiger partial charge in [0.25, 0.3) is 0 Å². The van der Waals surface area contributed by atoms with Crippen LogP contribution < -0.4 is 0 Å². The SMILES string of the molecule is Cn1cc(CCC2CCCCC2Br)cn1. The summed E-state index contributed by atoms with van der Waals surface area (Å²) in [5.74, 6) is 0.874. The zero-order valence-electron chi connectivity index (χ0n) is 9.32. The van der Waals surface area contributed by atoms with Crippen molar-refractivity contribution in [1.82, 2.24) is 9.78 Å². The number of aryl methyl sites for hydroxylation is 2. The molecule has 0 N–H and O–H groups in total. The molecule has 84 valence electrons. The van der Waals surface area contributed by atoms with Crippen LogP contribution in [0.2, 0.25) is 0 Å². The fraction of sp³-hybridized carbons (Fsp3) is 0.750. The van der Waals surface area contributed by atoms with Gasteiger partial charge in [-0.1, -0.05) is 28.8 Å². The van der Waals surface area contributed by atoms with Crippen LogP contribution in [0.1, 0.15) is 37.7 Å². The lowest BCUT2D eigenvalue weighted by Crippen LogP contribution is -2.19. The molecule has 0 aliphatic heterocycles. The molecule has 0 bridgehead atoms. The van der Waals surface area contributed by atoms with Crippen LogP contribution in [0.4, 0.5) is 0 Å². The molecular formula is C12H19BrN2. The van der Waals surface area contributed by atoms with Crippen LogP contribution in [0, 0.1) is 5.92 Å². The first-order valence-corrected chi connectivity index (χ1v) is 6.79. The van der Waals surface area contributed by atoms with Gasteiger partial charge in [0.2, 0.25) is 0 Å². The van der Waals surface area contributed by atoms with Gasteiger partial charge in [-0.2, -0.15) is 5.10 Å². The van der Waals surface area contributed by atoms with E-state index < -0.39 is 0 Å². The average Bonchev–Trinajstić information content (AvgIpc) is 2.63. The molecule has 0 radical (unpaired) electrons. The first-order chi connectivity index (χ1) is 7.25. The Hall–Kier alpha value is -0.310. The number of nitrogens with zero attached hydrogens (tertiary/aromatic N) is 2. The molecule has 0 aromatic carbocycles. The molecule has 1 aliphatic carbocycles. The number of alkyl halides is 1. The summed E-state index contributed by atoms with van der Waals surface area (Å²) in [6, 6.07) is 0. The number of hydrogen-bond donors (Lipinski definition) is 0. The molecule has 3 heteroatoms. The molecule has 1 saturated carbocycles. The van der Waals surface area contributed by atoms with Crippen LogP contribution in [0.3, 0.4) is 0 Å². The van der Waals surface area contributed by atoms with Crippen molar-refractivity contribution in [3.05, 3.63) is 18.0 Å². The third kappa shape index (κ3) is 3.07. The second kappa shape index (κ2) is 5.15. The monoisotopic (exact) mass is 270 g/mol. The Kier molecular flexibility index (Phi) is 3.84. The van der Waals surface area contributed by atoms with E-state index in [2.05, 4.69) is 27.2 Å². The van der Waals surface area contributed by atoms with E-state index in [-0.39, 0.29) is 0 Å². The molecule has 2 nitrogen and oxygen atoms in total. The Balaban J connectivity index is 1.81. The second-order valence-corrected chi connectivity index (χ2v) is 5.80. The van der Waals surface area contributed by atoms with Gasteiger partial charge in [0.1, 0.15) is 0 Å². The van der Waals surface area contributed by atoms with Crippen LogP contribution in [0.15, 0.2) is 12.4 Å². The molecule has 1 aliphatic rings. The van der Waals surface area contributed by atoms with Gasteiger partial charge in [-0.3, -0.25) is 4.68 Å². The molecule has 0 amide bonds. The van der Waals surface area contributed by atoms with E-state index in [1.54, 1.807) is 0 Å². The van der Waals surface area contributed by atoms with Crippen LogP contribution in [-0.4, -0.2) is 14.6 Å². The van der Waals surface area contributed by atoms with Gasteiger partial charge in [0.05, 0.1) is 6.20 Å². The van der Waals surface area contributed by atoms with E-state index >= 15 is 0 Å². The summed E-state index contributed by atoms with van der Waals surface area (Å²) in [7, 11) is 1.98. The first-order valence-electron chi connectivity index (χ1n) is 5.87. The predicted octanol–water partition coefficient (Wildman–Crippen LogP) is 3.31. The standard InChI is InChI=1S/C12H19BrN2/c1-15-9-10(8-14-15)6-7-11-4-2-3-5-12(11)13/h8-9,11-12H,2-7H2,1H3. The third-order valence-electron chi connectivity index (χ3n) is 3.38. The Morgan fingerprint density at radius 3 is 2.93 bits per heavy atom. The van der Waals surface area contributed by atoms with Crippen molar-refractivity contribution in [2.45, 2.75) is 43.4 Å². The Morgan fingerprint density at radius 2 is 2.27 bits per heavy atom. The average molecular weight is 271 g/mol. The van der Waals surface area contributed by atoms with E-state index in [1.807, 2.05) is 17.9 Å². The molecule has 15 heavy (non-hydrogen) atoms. The van der Waals surface area contributed by atoms with Gasteiger partial charge in [0, 0.05) is 18.1 Å². The number of rotatable bonds is 3. The lowest BCUT2D eigenvalue weighted by Gasteiger charge is -2.27. The topological polar surface area (TPSA) is 17.8 Å². The lowest BCUT2D eigenvalue weighted by molar-refractivity contribution is 0.355. The molecule has 0 spiro atoms. The maximum atomic E-state index is 4.20. The van der Waals surface area contributed by atoms with Crippen molar-refractivity contribution in [2.24, 2.45) is 13.0 Å². The van der Waals surface area contributed by atoms with Crippen molar-refractivity contribution < 1.29 is 0 Å². The molecule has 1 aromatic rings. The molecule has 1 fully saturated rings. The summed E-state index contributed by atoms with van der Waals surface area (Å²) in [4.78, 5) is 0.753. The molecular weight excluding hydrogens is 252 g/mol. The minimum absolute atomic E-state index is 0.753. The van der Waals surface area contributed by atoms with E-state index in [0.717, 1.165) is 10.7 Å². The Bertz CT molecular complexity index is 308. The van der Waals surface area contributed by atoms with Crippen molar-refractivity contribution >= 4 is 15.9 Å². The molecule has 2 unspecified atom stereocenters. The fourth-order valence-electron chi connectivity index (χ4n) is 2.44. The zero-order valence-corrected chi connectivity index (χ0v) is 10.9. The summed E-state index contributed by atoms with van der Waals surface area (Å²) in [5.41, 5.74) is 1.38. The smallest absolute Gasteiger partial charge is 0.0521 e. The van der Waals surface area contributed by atoms with Gasteiger partial charge < -0.3 is 0 Å². The van der Waals surface area contributed by atoms with Gasteiger partial charge in [-0.15, -0.1) is 0 Å². The van der Waals surface area contributed by atoms with Gasteiger partial charge in [-0.25, -0.2) is 0 Å². The largest absolute Gasteiger partial charge is 0.276 e. The lowest BCUT2D eigenvalue weighted by atomic mass is 9.85. The first kappa shape index (κ1) is 11.2. The minimum atomic E-state index is 0.753. The van der Waals surface area contributed by atoms with E-state index in [4.69, 9.17) is 0 Å². The summed E-state index contributed by atoms with van der Waals surface area (Å²) in [6.07, 6.45) is 12.2. The molecule has 2 atom stereocenters. The number of halogens is 1. The molecule has 2 rings (SSSR count). The van der Waals surface area contributed by atoms with Crippen molar-refractivity contribution in [1.29, 1.82) is 0 Å². The van der Waals surface area contributed by atoms with E-state index in [9.17, 15) is 0 Å². The summed E-state index contributed by atoms with van der Waals surface area (Å²) >= 11 is 3.81. The fourth-order valence-corrected chi connectivity index (χ4v) is 3.29. The molecule has 1 heterocycles. The van der Waals surface area contributed by atoms with Crippen LogP contribution in [0.5, 0.6) is 0 Å². The van der Waals surface area contributed by atoms with Crippen molar-refractivity contribution in [3.63, 3.8) is 0 Å². The van der Waals surface area contributed by atoms with Crippen LogP contribution in [-0.2, 0) is 13.5 Å². The molecule has 0 saturated heterocycles. The van der Waals surface area contributed by atoms with Gasteiger partial charge in [-0.05, 0) is 37.2 Å². The van der Waals surface area contributed by atoms with Gasteiger partial charge in [0.15, 0.2) is 0 Å². The van der Waals surface area contributed by atoms with Crippen molar-refractivity contribution in [3.8, 4) is 0 Å². The highest BCUT2D eigenvalue weighted by atomic mass is 79.9. The number of aromatic nitrogens is 2. The second-order valence-electron chi connectivity index (χ2n) is 4.62. The highest BCUT2D eigenvalue weighted by Crippen LogP contribution is 2.32. The number of hydrogen-bond acceptors (Lipinski definition) is 1. The predicted molar refractivity (Wildman–Crippen MR) is 66.2 cm³/mol. The van der Waals surface area contributed by atoms with Crippen LogP contribution >= 0.6 is 15.9 Å². The highest BCUT2D eigenvalue weighted by Gasteiger charge is 2.22. The Morgan fingerprint density at radius 1 is 1.47 bits per heavy atom. The summed E-state index contributed by atoms with van der Waals surface area (Å²) < 4.78 is 1.89. The third-order valence-corrected chi connectivity index (χ3v) is 4.58. The van der Waals surface area contributed by atoms with E-state index in [1.165, 1.54) is 44.1 Å². The summed E-state index contributed by atoms with van der Waals surface area (Å²) in [6.45, 7) is 0. The quantitative estimate of drug-likeness (QED) is 0.771. The van der Waals surface area contributed by atoms with Crippen molar-refractivity contribution in [2.75, 3.05) is 0 Å². The van der Waals surface area contributed by atoms with Crippen LogP contribution in [0.25, 0.3) is 0 Å². The minimum Gasteiger partial charge on any atom is -0.276 e.